The number of carbonyl (C=O) groups is 1. The van der Waals surface area contributed by atoms with Crippen molar-refractivity contribution < 1.29 is 14.3 Å². The number of nitriles is 1. The molecule has 3 aromatic heterocycles. The Morgan fingerprint density at radius 1 is 1.26 bits per heavy atom. The average Bonchev–Trinajstić information content (AvgIpc) is 3.24. The molecule has 3 fully saturated rings. The van der Waals surface area contributed by atoms with Gasteiger partial charge in [-0.3, -0.25) is 0 Å². The van der Waals surface area contributed by atoms with Gasteiger partial charge in [-0.25, -0.2) is 14.3 Å². The molecule has 3 atom stereocenters. The first-order valence-electron chi connectivity index (χ1n) is 12.0. The Kier molecular flexibility index (Phi) is 5.75. The first-order chi connectivity index (χ1) is 16.8. The number of anilines is 1. The Bertz CT molecular complexity index is 1280. The molecule has 9 heteroatoms. The number of hydrogen-bond donors (Lipinski definition) is 1. The van der Waals surface area contributed by atoms with E-state index < -0.39 is 5.60 Å². The summed E-state index contributed by atoms with van der Waals surface area (Å²) in [5, 5.41) is 16.9. The lowest BCUT2D eigenvalue weighted by atomic mass is 9.66. The van der Waals surface area contributed by atoms with Gasteiger partial charge < -0.3 is 19.7 Å². The van der Waals surface area contributed by atoms with Crippen LogP contribution in [0.4, 0.5) is 10.6 Å². The van der Waals surface area contributed by atoms with Crippen LogP contribution in [0, 0.1) is 23.2 Å². The third-order valence-electron chi connectivity index (χ3n) is 6.62. The Balaban J connectivity index is 1.32. The molecule has 1 aliphatic carbocycles. The molecule has 6 rings (SSSR count). The van der Waals surface area contributed by atoms with E-state index in [-0.39, 0.29) is 12.1 Å². The lowest BCUT2D eigenvalue weighted by molar-refractivity contribution is 0.0283. The van der Waals surface area contributed by atoms with Crippen molar-refractivity contribution >= 4 is 17.4 Å². The summed E-state index contributed by atoms with van der Waals surface area (Å²) >= 11 is 0. The van der Waals surface area contributed by atoms with Gasteiger partial charge in [0, 0.05) is 36.5 Å². The maximum atomic E-state index is 12.2. The third kappa shape index (κ3) is 4.48. The number of nitrogens with zero attached hydrogens (tertiary/aromatic N) is 5. The fraction of sp³-hybridized carbons (Fsp3) is 0.462. The lowest BCUT2D eigenvalue weighted by Gasteiger charge is -2.53. The van der Waals surface area contributed by atoms with E-state index in [1.807, 2.05) is 52.1 Å². The number of amides is 1. The van der Waals surface area contributed by atoms with Gasteiger partial charge in [0.1, 0.15) is 23.2 Å². The van der Waals surface area contributed by atoms with Crippen molar-refractivity contribution in [1.29, 1.82) is 5.26 Å². The minimum atomic E-state index is -0.501. The molecule has 9 nitrogen and oxygen atoms in total. The van der Waals surface area contributed by atoms with Gasteiger partial charge in [0.15, 0.2) is 0 Å². The summed E-state index contributed by atoms with van der Waals surface area (Å²) in [6, 6.07) is 8.35. The summed E-state index contributed by atoms with van der Waals surface area (Å²) in [5.41, 5.74) is 2.49. The quantitative estimate of drug-likeness (QED) is 0.596. The molecule has 35 heavy (non-hydrogen) atoms. The van der Waals surface area contributed by atoms with E-state index in [0.29, 0.717) is 29.8 Å². The number of alkyl carbamates (subject to hydrolysis) is 1. The summed E-state index contributed by atoms with van der Waals surface area (Å²) in [6.45, 7) is 9.77. The topological polar surface area (TPSA) is 105 Å². The highest BCUT2D eigenvalue weighted by Crippen LogP contribution is 2.41. The Morgan fingerprint density at radius 2 is 2.03 bits per heavy atom. The molecule has 0 spiro atoms. The number of carbonyl (C=O) groups excluding carboxylic acids is 1. The van der Waals surface area contributed by atoms with Gasteiger partial charge in [-0.1, -0.05) is 0 Å². The van der Waals surface area contributed by atoms with E-state index in [9.17, 15) is 10.1 Å². The van der Waals surface area contributed by atoms with E-state index in [4.69, 9.17) is 14.5 Å². The molecule has 0 radical (unpaired) electrons. The number of aromatic nitrogens is 3. The molecule has 2 saturated heterocycles. The number of rotatable bonds is 5. The van der Waals surface area contributed by atoms with Crippen LogP contribution in [-0.2, 0) is 4.74 Å². The molecule has 1 amide bonds. The summed E-state index contributed by atoms with van der Waals surface area (Å²) in [5.74, 6) is 2.36. The van der Waals surface area contributed by atoms with Gasteiger partial charge in [0.05, 0.1) is 30.1 Å². The van der Waals surface area contributed by atoms with Crippen LogP contribution in [0.1, 0.15) is 39.7 Å². The van der Waals surface area contributed by atoms with Crippen LogP contribution >= 0.6 is 0 Å². The van der Waals surface area contributed by atoms with Crippen LogP contribution < -0.4 is 15.0 Å². The fourth-order valence-electron chi connectivity index (χ4n) is 5.13. The number of hydrogen-bond acceptors (Lipinski definition) is 7. The second-order valence-corrected chi connectivity index (χ2v) is 10.2. The molecule has 3 aliphatic rings. The van der Waals surface area contributed by atoms with Crippen LogP contribution in [0.3, 0.4) is 0 Å². The van der Waals surface area contributed by atoms with Crippen LogP contribution in [0.15, 0.2) is 36.8 Å². The summed E-state index contributed by atoms with van der Waals surface area (Å²) in [4.78, 5) is 19.2. The van der Waals surface area contributed by atoms with Gasteiger partial charge in [-0.2, -0.15) is 10.4 Å². The number of ether oxygens (including phenoxy) is 2. The molecule has 1 N–H and O–H groups in total. The third-order valence-corrected chi connectivity index (χ3v) is 6.62. The smallest absolute Gasteiger partial charge is 0.407 e. The van der Waals surface area contributed by atoms with Crippen molar-refractivity contribution in [3.8, 4) is 22.9 Å². The van der Waals surface area contributed by atoms with Gasteiger partial charge in [-0.05, 0) is 64.2 Å². The Labute approximate surface area is 204 Å². The largest absolute Gasteiger partial charge is 0.492 e. The van der Waals surface area contributed by atoms with Gasteiger partial charge in [0.2, 0.25) is 0 Å². The highest BCUT2D eigenvalue weighted by molar-refractivity contribution is 5.85. The number of nitrogens with one attached hydrogen (secondary N) is 1. The second kappa shape index (κ2) is 8.77. The second-order valence-electron chi connectivity index (χ2n) is 10.2. The first kappa shape index (κ1) is 23.0. The van der Waals surface area contributed by atoms with Gasteiger partial charge >= 0.3 is 6.09 Å². The fourth-order valence-corrected chi connectivity index (χ4v) is 5.13. The Hall–Kier alpha value is -3.80. The zero-order chi connectivity index (χ0) is 24.7. The lowest BCUT2D eigenvalue weighted by Crippen LogP contribution is -2.65. The minimum Gasteiger partial charge on any atom is -0.492 e. The van der Waals surface area contributed by atoms with Crippen molar-refractivity contribution in [2.75, 3.05) is 24.6 Å². The van der Waals surface area contributed by atoms with Gasteiger partial charge in [-0.15, -0.1) is 0 Å². The van der Waals surface area contributed by atoms with E-state index in [0.717, 1.165) is 42.0 Å². The minimum absolute atomic E-state index is 0.154. The van der Waals surface area contributed by atoms with Crippen LogP contribution in [0.25, 0.3) is 16.6 Å². The van der Waals surface area contributed by atoms with Crippen molar-refractivity contribution in [2.24, 2.45) is 11.8 Å². The van der Waals surface area contributed by atoms with Gasteiger partial charge in [0.25, 0.3) is 0 Å². The number of piperidine rings is 2. The normalized spacial score (nSPS) is 21.2. The van der Waals surface area contributed by atoms with Crippen LogP contribution in [0.2, 0.25) is 0 Å². The zero-order valence-corrected chi connectivity index (χ0v) is 20.5. The van der Waals surface area contributed by atoms with Crippen LogP contribution in [0.5, 0.6) is 5.75 Å². The molecule has 2 aliphatic heterocycles. The predicted molar refractivity (Wildman–Crippen MR) is 131 cm³/mol. The van der Waals surface area contributed by atoms with Crippen molar-refractivity contribution in [3.05, 3.63) is 42.4 Å². The van der Waals surface area contributed by atoms with E-state index in [2.05, 4.69) is 21.4 Å². The van der Waals surface area contributed by atoms with Crippen molar-refractivity contribution in [3.63, 3.8) is 0 Å². The first-order valence-corrected chi connectivity index (χ1v) is 12.0. The monoisotopic (exact) mass is 474 g/mol. The maximum absolute atomic E-state index is 12.2. The molecule has 182 valence electrons. The summed E-state index contributed by atoms with van der Waals surface area (Å²) in [7, 11) is 0. The molecule has 3 aromatic rings. The SMILES string of the molecule is CCOc1cc(-c2ccc(N3C[C@H]4C[C@@H](C3)[C@H]4NC(=O)OC(C)(C)C)nc2)c2c(C#N)cnn2c1. The molecule has 0 aromatic carbocycles. The number of pyridine rings is 2. The highest BCUT2D eigenvalue weighted by atomic mass is 16.6. The molecule has 2 bridgehead atoms. The van der Waals surface area contributed by atoms with Crippen molar-refractivity contribution in [1.82, 2.24) is 19.9 Å². The highest BCUT2D eigenvalue weighted by Gasteiger charge is 2.48. The van der Waals surface area contributed by atoms with Crippen molar-refractivity contribution in [2.45, 2.75) is 45.8 Å². The molecule has 0 unspecified atom stereocenters. The van der Waals surface area contributed by atoms with E-state index in [1.165, 1.54) is 0 Å². The number of fused-ring (bicyclic) bond motifs is 3. The molecular formula is C26H30N6O3. The van der Waals surface area contributed by atoms with E-state index >= 15 is 0 Å². The average molecular weight is 475 g/mol. The predicted octanol–water partition coefficient (Wildman–Crippen LogP) is 4.02. The molecule has 1 saturated carbocycles. The zero-order valence-electron chi connectivity index (χ0n) is 20.5. The van der Waals surface area contributed by atoms with E-state index in [1.54, 1.807) is 16.9 Å². The standard InChI is InChI=1S/C26H30N6O3/c1-5-34-20-9-21(24-19(10-27)12-29-32(24)15-20)16-6-7-22(28-11-16)31-13-17-8-18(14-31)23(17)30-25(33)35-26(2,3)4/h6-7,9,11-12,15,17-18,23H,5,8,13-14H2,1-4H3,(H,30,33)/t17-,18+,23+. The van der Waals surface area contributed by atoms with Crippen LogP contribution in [-0.4, -0.2) is 52.0 Å². The summed E-state index contributed by atoms with van der Waals surface area (Å²) < 4.78 is 12.8. The molecule has 5 heterocycles. The maximum Gasteiger partial charge on any atom is 0.407 e. The molecular weight excluding hydrogens is 444 g/mol. The summed E-state index contributed by atoms with van der Waals surface area (Å²) in [6.07, 6.45) is 5.95. The Morgan fingerprint density at radius 3 is 2.66 bits per heavy atom.